The first-order chi connectivity index (χ1) is 12.7. The summed E-state index contributed by atoms with van der Waals surface area (Å²) < 4.78 is 9.36. The monoisotopic (exact) mass is 355 g/mol. The zero-order valence-corrected chi connectivity index (χ0v) is 14.6. The second-order valence-electron chi connectivity index (χ2n) is 6.30. The van der Waals surface area contributed by atoms with Crippen LogP contribution in [0.3, 0.4) is 0 Å². The lowest BCUT2D eigenvalue weighted by Crippen LogP contribution is -2.41. The van der Waals surface area contributed by atoms with Crippen molar-refractivity contribution in [3.8, 4) is 0 Å². The number of aryl methyl sites for hydroxylation is 1. The Labute approximate surface area is 150 Å². The van der Waals surface area contributed by atoms with Crippen LogP contribution in [0.15, 0.2) is 36.8 Å². The first-order valence-corrected chi connectivity index (χ1v) is 8.66. The number of rotatable bonds is 3. The van der Waals surface area contributed by atoms with Crippen molar-refractivity contribution < 1.29 is 9.53 Å². The van der Waals surface area contributed by atoms with E-state index in [0.717, 1.165) is 6.42 Å². The lowest BCUT2D eigenvalue weighted by Gasteiger charge is -2.24. The number of urea groups is 1. The van der Waals surface area contributed by atoms with E-state index in [-0.39, 0.29) is 12.1 Å². The molecule has 0 aromatic carbocycles. The van der Waals surface area contributed by atoms with Crippen LogP contribution in [0, 0.1) is 6.92 Å². The molecule has 4 rings (SSSR count). The number of nitrogens with one attached hydrogen (secondary N) is 1. The standard InChI is InChI=1S/C17H21N7O2/c1-13-19-16-15(5-2-9-24(16)21-13)20-17(25)22-7-4-10-26-14(11-22)12-23-8-3-6-18-23/h2-3,5-6,8-9,14H,4,7,10-12H2,1H3,(H,20,25)/t14-/m0/s1. The molecule has 3 aromatic heterocycles. The fourth-order valence-electron chi connectivity index (χ4n) is 3.11. The van der Waals surface area contributed by atoms with E-state index < -0.39 is 0 Å². The molecule has 1 atom stereocenters. The van der Waals surface area contributed by atoms with E-state index in [2.05, 4.69) is 20.5 Å². The van der Waals surface area contributed by atoms with Crippen LogP contribution in [0.25, 0.3) is 5.65 Å². The summed E-state index contributed by atoms with van der Waals surface area (Å²) >= 11 is 0. The van der Waals surface area contributed by atoms with Gasteiger partial charge in [-0.15, -0.1) is 0 Å². The number of aromatic nitrogens is 5. The van der Waals surface area contributed by atoms with Crippen molar-refractivity contribution in [3.05, 3.63) is 42.6 Å². The van der Waals surface area contributed by atoms with Gasteiger partial charge in [-0.2, -0.15) is 10.2 Å². The van der Waals surface area contributed by atoms with Crippen LogP contribution in [0.4, 0.5) is 10.5 Å². The van der Waals surface area contributed by atoms with Gasteiger partial charge in [0.1, 0.15) is 5.82 Å². The highest BCUT2D eigenvalue weighted by Gasteiger charge is 2.23. The molecule has 136 valence electrons. The molecule has 26 heavy (non-hydrogen) atoms. The van der Waals surface area contributed by atoms with E-state index in [1.807, 2.05) is 42.2 Å². The number of fused-ring (bicyclic) bond motifs is 1. The third-order valence-electron chi connectivity index (χ3n) is 4.30. The van der Waals surface area contributed by atoms with E-state index >= 15 is 0 Å². The molecule has 0 bridgehead atoms. The topological polar surface area (TPSA) is 89.6 Å². The lowest BCUT2D eigenvalue weighted by atomic mass is 10.3. The van der Waals surface area contributed by atoms with Gasteiger partial charge in [-0.05, 0) is 31.5 Å². The Morgan fingerprint density at radius 3 is 3.15 bits per heavy atom. The first-order valence-electron chi connectivity index (χ1n) is 8.66. The highest BCUT2D eigenvalue weighted by molar-refractivity contribution is 5.93. The molecule has 0 spiro atoms. The number of hydrogen-bond donors (Lipinski definition) is 1. The largest absolute Gasteiger partial charge is 0.374 e. The maximum absolute atomic E-state index is 12.8. The number of pyridine rings is 1. The van der Waals surface area contributed by atoms with Crippen molar-refractivity contribution in [1.29, 1.82) is 0 Å². The van der Waals surface area contributed by atoms with Gasteiger partial charge in [-0.25, -0.2) is 14.3 Å². The van der Waals surface area contributed by atoms with Crippen LogP contribution < -0.4 is 5.32 Å². The van der Waals surface area contributed by atoms with Crippen LogP contribution in [0.5, 0.6) is 0 Å². The molecule has 2 amide bonds. The molecular formula is C17H21N7O2. The number of ether oxygens (including phenoxy) is 1. The number of carbonyl (C=O) groups is 1. The van der Waals surface area contributed by atoms with Crippen molar-refractivity contribution in [1.82, 2.24) is 29.3 Å². The average molecular weight is 355 g/mol. The van der Waals surface area contributed by atoms with Crippen molar-refractivity contribution >= 4 is 17.4 Å². The number of carbonyl (C=O) groups excluding carboxylic acids is 1. The Morgan fingerprint density at radius 1 is 1.38 bits per heavy atom. The first kappa shape index (κ1) is 16.5. The minimum Gasteiger partial charge on any atom is -0.374 e. The van der Waals surface area contributed by atoms with Crippen molar-refractivity contribution in [2.45, 2.75) is 26.0 Å². The molecule has 1 aliphatic heterocycles. The molecule has 9 nitrogen and oxygen atoms in total. The van der Waals surface area contributed by atoms with E-state index in [1.54, 1.807) is 15.6 Å². The SMILES string of the molecule is Cc1nc2c(NC(=O)N3CCCO[C@H](Cn4cccn4)C3)cccn2n1. The molecule has 0 aliphatic carbocycles. The Kier molecular flexibility index (Phi) is 4.53. The van der Waals surface area contributed by atoms with Crippen LogP contribution in [-0.2, 0) is 11.3 Å². The Morgan fingerprint density at radius 2 is 2.31 bits per heavy atom. The molecule has 1 N–H and O–H groups in total. The van der Waals surface area contributed by atoms with E-state index in [4.69, 9.17) is 4.74 Å². The zero-order valence-electron chi connectivity index (χ0n) is 14.6. The van der Waals surface area contributed by atoms with Crippen LogP contribution in [0.1, 0.15) is 12.2 Å². The van der Waals surface area contributed by atoms with Crippen LogP contribution >= 0.6 is 0 Å². The highest BCUT2D eigenvalue weighted by Crippen LogP contribution is 2.16. The summed E-state index contributed by atoms with van der Waals surface area (Å²) in [6.07, 6.45) is 6.16. The molecule has 0 unspecified atom stereocenters. The quantitative estimate of drug-likeness (QED) is 0.770. The van der Waals surface area contributed by atoms with Crippen molar-refractivity contribution in [2.24, 2.45) is 0 Å². The summed E-state index contributed by atoms with van der Waals surface area (Å²) in [5, 5.41) is 11.4. The lowest BCUT2D eigenvalue weighted by molar-refractivity contribution is 0.0442. The van der Waals surface area contributed by atoms with E-state index in [1.165, 1.54) is 0 Å². The second-order valence-corrected chi connectivity index (χ2v) is 6.30. The molecule has 4 heterocycles. The van der Waals surface area contributed by atoms with Gasteiger partial charge in [-0.1, -0.05) is 0 Å². The number of anilines is 1. The minimum atomic E-state index is -0.158. The van der Waals surface area contributed by atoms with Gasteiger partial charge in [0.15, 0.2) is 5.65 Å². The van der Waals surface area contributed by atoms with Crippen molar-refractivity contribution in [2.75, 3.05) is 25.0 Å². The van der Waals surface area contributed by atoms with Gasteiger partial charge < -0.3 is 15.0 Å². The third kappa shape index (κ3) is 3.52. The summed E-state index contributed by atoms with van der Waals surface area (Å²) in [5.41, 5.74) is 1.28. The fraction of sp³-hybridized carbons (Fsp3) is 0.412. The summed E-state index contributed by atoms with van der Waals surface area (Å²) in [6, 6.07) is 5.39. The maximum Gasteiger partial charge on any atom is 0.322 e. The van der Waals surface area contributed by atoms with Crippen LogP contribution in [0.2, 0.25) is 0 Å². The Hall–Kier alpha value is -2.94. The zero-order chi connectivity index (χ0) is 17.9. The molecule has 0 saturated carbocycles. The van der Waals surface area contributed by atoms with Gasteiger partial charge in [0.2, 0.25) is 0 Å². The molecule has 1 aliphatic rings. The number of hydrogen-bond acceptors (Lipinski definition) is 5. The predicted molar refractivity (Wildman–Crippen MR) is 94.9 cm³/mol. The highest BCUT2D eigenvalue weighted by atomic mass is 16.5. The third-order valence-corrected chi connectivity index (χ3v) is 4.30. The van der Waals surface area contributed by atoms with Gasteiger partial charge >= 0.3 is 6.03 Å². The van der Waals surface area contributed by atoms with Crippen LogP contribution in [-0.4, -0.2) is 61.1 Å². The predicted octanol–water partition coefficient (Wildman–Crippen LogP) is 1.56. The molecule has 1 fully saturated rings. The fourth-order valence-corrected chi connectivity index (χ4v) is 3.11. The molecule has 1 saturated heterocycles. The second kappa shape index (κ2) is 7.12. The van der Waals surface area contributed by atoms with E-state index in [0.29, 0.717) is 43.4 Å². The van der Waals surface area contributed by atoms with E-state index in [9.17, 15) is 4.79 Å². The van der Waals surface area contributed by atoms with Gasteiger partial charge in [0, 0.05) is 31.7 Å². The summed E-state index contributed by atoms with van der Waals surface area (Å²) in [5.74, 6) is 0.661. The number of amides is 2. The summed E-state index contributed by atoms with van der Waals surface area (Å²) in [6.45, 7) is 4.24. The molecule has 9 heteroatoms. The molecule has 0 radical (unpaired) electrons. The Balaban J connectivity index is 1.47. The van der Waals surface area contributed by atoms with Gasteiger partial charge in [0.25, 0.3) is 0 Å². The van der Waals surface area contributed by atoms with Gasteiger partial charge in [-0.3, -0.25) is 4.68 Å². The summed E-state index contributed by atoms with van der Waals surface area (Å²) in [4.78, 5) is 19.0. The normalized spacial score (nSPS) is 18.0. The summed E-state index contributed by atoms with van der Waals surface area (Å²) in [7, 11) is 0. The molecule has 3 aromatic rings. The molecular weight excluding hydrogens is 334 g/mol. The maximum atomic E-state index is 12.8. The van der Waals surface area contributed by atoms with Gasteiger partial charge in [0.05, 0.1) is 24.9 Å². The minimum absolute atomic E-state index is 0.0886. The average Bonchev–Trinajstić information content (AvgIpc) is 3.19. The Bertz CT molecular complexity index is 890. The smallest absolute Gasteiger partial charge is 0.322 e. The van der Waals surface area contributed by atoms with Crippen molar-refractivity contribution in [3.63, 3.8) is 0 Å². The number of nitrogens with zero attached hydrogens (tertiary/aromatic N) is 6.